The average Bonchev–Trinajstić information content (AvgIpc) is 3.25. The Morgan fingerprint density at radius 1 is 1.00 bits per heavy atom. The van der Waals surface area contributed by atoms with Gasteiger partial charge in [-0.3, -0.25) is 9.59 Å². The van der Waals surface area contributed by atoms with Crippen molar-refractivity contribution < 1.29 is 22.4 Å². The van der Waals surface area contributed by atoms with Gasteiger partial charge in [0.25, 0.3) is 5.91 Å². The maximum Gasteiger partial charge on any atom is 0.251 e. The lowest BCUT2D eigenvalue weighted by molar-refractivity contribution is -0.124. The summed E-state index contributed by atoms with van der Waals surface area (Å²) in [4.78, 5) is 24.5. The van der Waals surface area contributed by atoms with Gasteiger partial charge in [0.05, 0.1) is 4.90 Å². The van der Waals surface area contributed by atoms with Crippen molar-refractivity contribution in [2.24, 2.45) is 0 Å². The Balaban J connectivity index is 1.49. The van der Waals surface area contributed by atoms with Crippen LogP contribution in [0.15, 0.2) is 59.5 Å². The Labute approximate surface area is 175 Å². The lowest BCUT2D eigenvalue weighted by atomic mass is 10.2. The van der Waals surface area contributed by atoms with Gasteiger partial charge < -0.3 is 10.6 Å². The molecule has 0 unspecified atom stereocenters. The maximum atomic E-state index is 13.1. The highest BCUT2D eigenvalue weighted by atomic mass is 32.2. The van der Waals surface area contributed by atoms with Crippen LogP contribution in [0, 0.1) is 5.82 Å². The molecule has 0 aromatic heterocycles. The fourth-order valence-corrected chi connectivity index (χ4v) is 5.00. The molecule has 1 saturated heterocycles. The zero-order valence-electron chi connectivity index (χ0n) is 16.4. The first-order chi connectivity index (χ1) is 14.4. The molecule has 2 aromatic carbocycles. The van der Waals surface area contributed by atoms with Gasteiger partial charge in [-0.2, -0.15) is 4.31 Å². The molecule has 0 aliphatic carbocycles. The zero-order valence-corrected chi connectivity index (χ0v) is 17.2. The fraction of sp³-hybridized carbons (Fsp3) is 0.333. The first-order valence-corrected chi connectivity index (χ1v) is 11.2. The van der Waals surface area contributed by atoms with Gasteiger partial charge in [0.2, 0.25) is 15.9 Å². The van der Waals surface area contributed by atoms with Gasteiger partial charge in [-0.15, -0.1) is 0 Å². The number of hydrogen-bond donors (Lipinski definition) is 2. The van der Waals surface area contributed by atoms with E-state index >= 15 is 0 Å². The summed E-state index contributed by atoms with van der Waals surface area (Å²) in [5, 5.41) is 5.52. The van der Waals surface area contributed by atoms with E-state index < -0.39 is 21.9 Å². The average molecular weight is 434 g/mol. The standard InChI is InChI=1S/C21H24FN3O4S/c22-17-9-11-18(12-10-17)30(28,29)25-15-4-8-19(25)21(27)24-14-5-13-23-20(26)16-6-2-1-3-7-16/h1-3,6-7,9-12,19H,4-5,8,13-15H2,(H,23,26)(H,24,27)/t19-/m1/s1. The second kappa shape index (κ2) is 9.82. The Bertz CT molecular complexity index is 981. The normalized spacial score (nSPS) is 16.9. The predicted octanol–water partition coefficient (Wildman–Crippen LogP) is 1.92. The van der Waals surface area contributed by atoms with E-state index in [1.54, 1.807) is 24.3 Å². The van der Waals surface area contributed by atoms with Crippen LogP contribution in [0.25, 0.3) is 0 Å². The lowest BCUT2D eigenvalue weighted by Crippen LogP contribution is -2.46. The van der Waals surface area contributed by atoms with E-state index in [2.05, 4.69) is 10.6 Å². The molecule has 9 heteroatoms. The second-order valence-electron chi connectivity index (χ2n) is 6.99. The number of nitrogens with zero attached hydrogens (tertiary/aromatic N) is 1. The fourth-order valence-electron chi connectivity index (χ4n) is 3.34. The molecule has 0 spiro atoms. The first-order valence-electron chi connectivity index (χ1n) is 9.78. The summed E-state index contributed by atoms with van der Waals surface area (Å²) in [5.41, 5.74) is 0.564. The van der Waals surface area contributed by atoms with E-state index in [9.17, 15) is 22.4 Å². The first kappa shape index (κ1) is 21.9. The van der Waals surface area contributed by atoms with Crippen molar-refractivity contribution in [1.82, 2.24) is 14.9 Å². The molecule has 1 heterocycles. The van der Waals surface area contributed by atoms with Crippen LogP contribution in [0.1, 0.15) is 29.6 Å². The number of hydrogen-bond acceptors (Lipinski definition) is 4. The predicted molar refractivity (Wildman–Crippen MR) is 110 cm³/mol. The van der Waals surface area contributed by atoms with Crippen LogP contribution in [0.5, 0.6) is 0 Å². The van der Waals surface area contributed by atoms with Crippen LogP contribution in [0.2, 0.25) is 0 Å². The molecular formula is C21H24FN3O4S. The molecule has 0 saturated carbocycles. The molecule has 1 fully saturated rings. The van der Waals surface area contributed by atoms with Gasteiger partial charge in [-0.1, -0.05) is 18.2 Å². The molecule has 30 heavy (non-hydrogen) atoms. The number of benzene rings is 2. The summed E-state index contributed by atoms with van der Waals surface area (Å²) in [5.74, 6) is -1.08. The topological polar surface area (TPSA) is 95.6 Å². The largest absolute Gasteiger partial charge is 0.355 e. The molecule has 7 nitrogen and oxygen atoms in total. The van der Waals surface area contributed by atoms with Crippen molar-refractivity contribution in [3.63, 3.8) is 0 Å². The summed E-state index contributed by atoms with van der Waals surface area (Å²) in [6.07, 6.45) is 1.52. The van der Waals surface area contributed by atoms with Crippen molar-refractivity contribution in [2.75, 3.05) is 19.6 Å². The van der Waals surface area contributed by atoms with Crippen LogP contribution < -0.4 is 10.6 Å². The van der Waals surface area contributed by atoms with Gasteiger partial charge in [0.15, 0.2) is 0 Å². The molecule has 2 aromatic rings. The quantitative estimate of drug-likeness (QED) is 0.622. The molecule has 1 aliphatic heterocycles. The minimum absolute atomic E-state index is 0.0350. The highest BCUT2D eigenvalue weighted by molar-refractivity contribution is 7.89. The molecule has 1 aliphatic rings. The number of carbonyl (C=O) groups excluding carboxylic acids is 2. The van der Waals surface area contributed by atoms with E-state index in [4.69, 9.17) is 0 Å². The van der Waals surface area contributed by atoms with Crippen molar-refractivity contribution in [3.8, 4) is 0 Å². The van der Waals surface area contributed by atoms with Gasteiger partial charge >= 0.3 is 0 Å². The second-order valence-corrected chi connectivity index (χ2v) is 8.88. The number of rotatable bonds is 8. The molecular weight excluding hydrogens is 409 g/mol. The summed E-state index contributed by atoms with van der Waals surface area (Å²) >= 11 is 0. The molecule has 1 atom stereocenters. The Morgan fingerprint density at radius 2 is 1.67 bits per heavy atom. The van der Waals surface area contributed by atoms with Gasteiger partial charge in [0, 0.05) is 25.2 Å². The highest BCUT2D eigenvalue weighted by Gasteiger charge is 2.39. The molecule has 2 amide bonds. The van der Waals surface area contributed by atoms with Crippen LogP contribution in [-0.4, -0.2) is 50.2 Å². The Morgan fingerprint density at radius 3 is 2.37 bits per heavy atom. The summed E-state index contributed by atoms with van der Waals surface area (Å²) in [7, 11) is -3.88. The van der Waals surface area contributed by atoms with E-state index in [1.165, 1.54) is 16.4 Å². The molecule has 2 N–H and O–H groups in total. The third-order valence-corrected chi connectivity index (χ3v) is 6.82. The monoisotopic (exact) mass is 433 g/mol. The van der Waals surface area contributed by atoms with Gasteiger partial charge in [0.1, 0.15) is 11.9 Å². The Hall–Kier alpha value is -2.78. The number of carbonyl (C=O) groups is 2. The lowest BCUT2D eigenvalue weighted by Gasteiger charge is -2.23. The van der Waals surface area contributed by atoms with E-state index in [0.717, 1.165) is 12.1 Å². The minimum atomic E-state index is -3.88. The van der Waals surface area contributed by atoms with Gasteiger partial charge in [-0.05, 0) is 55.7 Å². The zero-order chi connectivity index (χ0) is 21.6. The minimum Gasteiger partial charge on any atom is -0.355 e. The number of amides is 2. The smallest absolute Gasteiger partial charge is 0.251 e. The van der Waals surface area contributed by atoms with Crippen molar-refractivity contribution >= 4 is 21.8 Å². The van der Waals surface area contributed by atoms with Crippen LogP contribution in [0.3, 0.4) is 0 Å². The molecule has 160 valence electrons. The highest BCUT2D eigenvalue weighted by Crippen LogP contribution is 2.26. The van der Waals surface area contributed by atoms with Crippen LogP contribution in [-0.2, 0) is 14.8 Å². The summed E-state index contributed by atoms with van der Waals surface area (Å²) in [6, 6.07) is 12.6. The van der Waals surface area contributed by atoms with Crippen LogP contribution >= 0.6 is 0 Å². The third-order valence-electron chi connectivity index (χ3n) is 4.90. The van der Waals surface area contributed by atoms with E-state index in [0.29, 0.717) is 37.9 Å². The summed E-state index contributed by atoms with van der Waals surface area (Å²) < 4.78 is 39.9. The number of nitrogens with one attached hydrogen (secondary N) is 2. The number of sulfonamides is 1. The summed E-state index contributed by atoms with van der Waals surface area (Å²) in [6.45, 7) is 0.941. The van der Waals surface area contributed by atoms with Crippen LogP contribution in [0.4, 0.5) is 4.39 Å². The van der Waals surface area contributed by atoms with E-state index in [1.807, 2.05) is 6.07 Å². The maximum absolute atomic E-state index is 13.1. The van der Waals surface area contributed by atoms with Crippen molar-refractivity contribution in [2.45, 2.75) is 30.2 Å². The SMILES string of the molecule is O=C(NCCCNC(=O)[C@H]1CCCN1S(=O)(=O)c1ccc(F)cc1)c1ccccc1. The third kappa shape index (κ3) is 5.22. The van der Waals surface area contributed by atoms with Crippen molar-refractivity contribution in [3.05, 3.63) is 66.0 Å². The van der Waals surface area contributed by atoms with Crippen molar-refractivity contribution in [1.29, 1.82) is 0 Å². The molecule has 0 radical (unpaired) electrons. The number of halogens is 1. The van der Waals surface area contributed by atoms with Gasteiger partial charge in [-0.25, -0.2) is 12.8 Å². The Kier molecular flexibility index (Phi) is 7.17. The molecule has 0 bridgehead atoms. The van der Waals surface area contributed by atoms with E-state index in [-0.39, 0.29) is 23.3 Å². The molecule has 3 rings (SSSR count).